The lowest BCUT2D eigenvalue weighted by molar-refractivity contribution is -0.187. The zero-order valence-corrected chi connectivity index (χ0v) is 16.4. The largest absolute Gasteiger partial charge is 0.429 e. The average Bonchev–Trinajstić information content (AvgIpc) is 3.04. The Balaban J connectivity index is 1.62. The number of rotatable bonds is 4. The van der Waals surface area contributed by atoms with Gasteiger partial charge in [0.25, 0.3) is 0 Å². The third kappa shape index (κ3) is 3.78. The Labute approximate surface area is 171 Å². The third-order valence-corrected chi connectivity index (χ3v) is 5.46. The van der Waals surface area contributed by atoms with Crippen molar-refractivity contribution in [3.63, 3.8) is 0 Å². The summed E-state index contributed by atoms with van der Waals surface area (Å²) in [5.74, 6) is -3.40. The summed E-state index contributed by atoms with van der Waals surface area (Å²) in [5.41, 5.74) is 2.30. The van der Waals surface area contributed by atoms with Crippen LogP contribution in [-0.2, 0) is 19.0 Å². The minimum absolute atomic E-state index is 0.315. The van der Waals surface area contributed by atoms with Crippen LogP contribution >= 0.6 is 0 Å². The number of benzene rings is 3. The van der Waals surface area contributed by atoms with Gasteiger partial charge in [-0.25, -0.2) is 13.2 Å². The molecular weight excluding hydrogens is 399 g/mol. The first-order valence-electron chi connectivity index (χ1n) is 9.58. The topological polar surface area (TPSA) is 9.23 Å². The number of alkyl halides is 2. The van der Waals surface area contributed by atoms with E-state index in [9.17, 15) is 22.0 Å². The molecule has 3 aromatic carbocycles. The van der Waals surface area contributed by atoms with Gasteiger partial charge in [-0.15, -0.1) is 0 Å². The summed E-state index contributed by atoms with van der Waals surface area (Å²) < 4.78 is 75.3. The molecule has 1 aliphatic carbocycles. The van der Waals surface area contributed by atoms with Crippen LogP contribution in [0.15, 0.2) is 48.5 Å². The molecule has 0 heterocycles. The maximum atomic E-state index is 14.6. The fourth-order valence-corrected chi connectivity index (χ4v) is 3.83. The molecule has 1 unspecified atom stereocenters. The molecule has 0 saturated carbocycles. The molecule has 6 heteroatoms. The predicted molar refractivity (Wildman–Crippen MR) is 104 cm³/mol. The first kappa shape index (κ1) is 20.4. The molecule has 0 radical (unpaired) electrons. The zero-order valence-electron chi connectivity index (χ0n) is 16.4. The highest BCUT2D eigenvalue weighted by Crippen LogP contribution is 2.37. The van der Waals surface area contributed by atoms with Gasteiger partial charge >= 0.3 is 6.11 Å². The van der Waals surface area contributed by atoms with Gasteiger partial charge in [-0.3, -0.25) is 0 Å². The summed E-state index contributed by atoms with van der Waals surface area (Å²) in [7, 11) is 0. The molecule has 0 spiro atoms. The first-order chi connectivity index (χ1) is 14.1. The molecular formula is C24H19F5O. The maximum Gasteiger partial charge on any atom is 0.429 e. The summed E-state index contributed by atoms with van der Waals surface area (Å²) in [6, 6.07) is 10.4. The van der Waals surface area contributed by atoms with Crippen LogP contribution in [0.4, 0.5) is 22.0 Å². The van der Waals surface area contributed by atoms with Crippen LogP contribution in [0.3, 0.4) is 0 Å². The van der Waals surface area contributed by atoms with Gasteiger partial charge in [0.1, 0.15) is 23.2 Å². The summed E-state index contributed by atoms with van der Waals surface area (Å²) in [6.07, 6.45) is -2.18. The molecule has 1 atom stereocenters. The Morgan fingerprint density at radius 1 is 0.800 bits per heavy atom. The normalized spacial score (nSPS) is 15.9. The lowest BCUT2D eigenvalue weighted by Gasteiger charge is -2.20. The van der Waals surface area contributed by atoms with Crippen molar-refractivity contribution in [2.45, 2.75) is 32.8 Å². The van der Waals surface area contributed by atoms with Crippen molar-refractivity contribution in [3.05, 3.63) is 88.2 Å². The summed E-state index contributed by atoms with van der Waals surface area (Å²) >= 11 is 0. The van der Waals surface area contributed by atoms with Gasteiger partial charge in [0.2, 0.25) is 0 Å². The molecule has 3 aromatic rings. The van der Waals surface area contributed by atoms with Crippen molar-refractivity contribution < 1.29 is 26.7 Å². The number of hydrogen-bond acceptors (Lipinski definition) is 1. The minimum atomic E-state index is -4.11. The van der Waals surface area contributed by atoms with Crippen LogP contribution in [0, 0.1) is 30.3 Å². The van der Waals surface area contributed by atoms with E-state index in [1.807, 2.05) is 18.2 Å². The van der Waals surface area contributed by atoms with Crippen molar-refractivity contribution in [2.24, 2.45) is 5.92 Å². The van der Waals surface area contributed by atoms with Crippen molar-refractivity contribution >= 4 is 0 Å². The van der Waals surface area contributed by atoms with Gasteiger partial charge in [-0.05, 0) is 60.1 Å². The van der Waals surface area contributed by atoms with Gasteiger partial charge in [0, 0.05) is 17.7 Å². The fourth-order valence-electron chi connectivity index (χ4n) is 3.83. The molecule has 156 valence electrons. The van der Waals surface area contributed by atoms with E-state index in [-0.39, 0.29) is 5.56 Å². The van der Waals surface area contributed by atoms with Crippen LogP contribution in [0.25, 0.3) is 11.1 Å². The fraction of sp³-hybridized carbons (Fsp3) is 0.250. The standard InChI is InChI=1S/C24H19F5O/c1-13-7-15-3-4-16(9-18(15)8-13)17-5-6-20(23(27)10-17)24(28,29)30-19-11-21(25)14(2)22(26)12-19/h3-6,9-13H,7-8H2,1-2H3. The molecule has 0 aliphatic heterocycles. The van der Waals surface area contributed by atoms with Gasteiger partial charge in [0.15, 0.2) is 0 Å². The van der Waals surface area contributed by atoms with E-state index in [1.54, 1.807) is 0 Å². The predicted octanol–water partition coefficient (Wildman–Crippen LogP) is 6.94. The molecule has 0 N–H and O–H groups in total. The Hall–Kier alpha value is -2.89. The number of hydrogen-bond donors (Lipinski definition) is 0. The Bertz CT molecular complexity index is 1100. The highest BCUT2D eigenvalue weighted by molar-refractivity contribution is 5.66. The monoisotopic (exact) mass is 418 g/mol. The first-order valence-corrected chi connectivity index (χ1v) is 9.58. The molecule has 30 heavy (non-hydrogen) atoms. The summed E-state index contributed by atoms with van der Waals surface area (Å²) in [4.78, 5) is 0. The molecule has 0 fully saturated rings. The molecule has 0 bridgehead atoms. The van der Waals surface area contributed by atoms with Crippen molar-refractivity contribution in [3.8, 4) is 16.9 Å². The second-order valence-corrected chi connectivity index (χ2v) is 7.82. The van der Waals surface area contributed by atoms with Gasteiger partial charge in [-0.1, -0.05) is 31.2 Å². The van der Waals surface area contributed by atoms with E-state index in [0.29, 0.717) is 23.6 Å². The molecule has 0 saturated heterocycles. The van der Waals surface area contributed by atoms with Gasteiger partial charge in [0.05, 0.1) is 5.56 Å². The number of fused-ring (bicyclic) bond motifs is 1. The van der Waals surface area contributed by atoms with Crippen LogP contribution in [0.2, 0.25) is 0 Å². The molecule has 4 rings (SSSR count). The van der Waals surface area contributed by atoms with Crippen LogP contribution < -0.4 is 4.74 Å². The van der Waals surface area contributed by atoms with E-state index in [2.05, 4.69) is 11.7 Å². The van der Waals surface area contributed by atoms with E-state index in [0.717, 1.165) is 30.5 Å². The smallest absolute Gasteiger partial charge is 0.429 e. The maximum absolute atomic E-state index is 14.6. The third-order valence-electron chi connectivity index (χ3n) is 5.46. The number of ether oxygens (including phenoxy) is 1. The lowest BCUT2D eigenvalue weighted by atomic mass is 9.99. The highest BCUT2D eigenvalue weighted by Gasteiger charge is 2.38. The lowest BCUT2D eigenvalue weighted by Crippen LogP contribution is -2.23. The summed E-state index contributed by atoms with van der Waals surface area (Å²) in [6.45, 7) is 3.33. The minimum Gasteiger partial charge on any atom is -0.429 e. The second kappa shape index (κ2) is 7.42. The van der Waals surface area contributed by atoms with Crippen LogP contribution in [-0.4, -0.2) is 0 Å². The Morgan fingerprint density at radius 2 is 1.40 bits per heavy atom. The average molecular weight is 418 g/mol. The molecule has 0 aromatic heterocycles. The molecule has 1 nitrogen and oxygen atoms in total. The van der Waals surface area contributed by atoms with E-state index < -0.39 is 34.9 Å². The SMILES string of the molecule is Cc1c(F)cc(OC(F)(F)c2ccc(-c3ccc4c(c3)CC(C)C4)cc2F)cc1F. The summed E-state index contributed by atoms with van der Waals surface area (Å²) in [5, 5.41) is 0. The van der Waals surface area contributed by atoms with E-state index in [4.69, 9.17) is 0 Å². The zero-order chi connectivity index (χ0) is 21.6. The quantitative estimate of drug-likeness (QED) is 0.417. The molecule has 1 aliphatic rings. The highest BCUT2D eigenvalue weighted by atomic mass is 19.3. The van der Waals surface area contributed by atoms with Gasteiger partial charge in [-0.2, -0.15) is 8.78 Å². The molecule has 0 amide bonds. The van der Waals surface area contributed by atoms with Crippen molar-refractivity contribution in [1.29, 1.82) is 0 Å². The van der Waals surface area contributed by atoms with Gasteiger partial charge < -0.3 is 4.74 Å². The van der Waals surface area contributed by atoms with Crippen LogP contribution in [0.1, 0.15) is 29.2 Å². The van der Waals surface area contributed by atoms with Crippen molar-refractivity contribution in [2.75, 3.05) is 0 Å². The van der Waals surface area contributed by atoms with Crippen LogP contribution in [0.5, 0.6) is 5.75 Å². The Kier molecular flexibility index (Phi) is 5.04. The Morgan fingerprint density at radius 3 is 2.07 bits per heavy atom. The van der Waals surface area contributed by atoms with Crippen molar-refractivity contribution in [1.82, 2.24) is 0 Å². The second-order valence-electron chi connectivity index (χ2n) is 7.82. The van der Waals surface area contributed by atoms with E-state index in [1.165, 1.54) is 24.1 Å². The number of halogens is 5. The van der Waals surface area contributed by atoms with E-state index >= 15 is 0 Å².